The van der Waals surface area contributed by atoms with Crippen molar-refractivity contribution in [1.29, 1.82) is 0 Å². The number of phenols is 14. The summed E-state index contributed by atoms with van der Waals surface area (Å²) in [5, 5.41) is 173. The first-order valence-corrected chi connectivity index (χ1v) is 27.5. The van der Waals surface area contributed by atoms with Crippen LogP contribution in [0.5, 0.6) is 80.5 Å². The highest BCUT2D eigenvalue weighted by Crippen LogP contribution is 2.58. The van der Waals surface area contributed by atoms with Gasteiger partial charge in [0.05, 0.1) is 0 Å². The van der Waals surface area contributed by atoms with Gasteiger partial charge in [-0.15, -0.1) is 20.5 Å². The minimum Gasteiger partial charge on any atom is -0.506 e. The van der Waals surface area contributed by atoms with Crippen LogP contribution in [0.2, 0.25) is 0 Å². The lowest BCUT2D eigenvalue weighted by atomic mass is 9.77. The lowest BCUT2D eigenvalue weighted by Gasteiger charge is -2.29. The Hall–Kier alpha value is -11.1. The number of benzene rings is 8. The van der Waals surface area contributed by atoms with Crippen LogP contribution in [0.15, 0.2) is 166 Å². The molecule has 1 aliphatic carbocycles. The first-order valence-electron chi connectivity index (χ1n) is 27.5. The second kappa shape index (κ2) is 26.2. The number of rotatable bonds is 8. The lowest BCUT2D eigenvalue weighted by Crippen LogP contribution is -2.10. The van der Waals surface area contributed by atoms with Crippen molar-refractivity contribution in [1.82, 2.24) is 9.97 Å². The molecule has 0 aliphatic heterocycles. The van der Waals surface area contributed by atoms with Crippen molar-refractivity contribution in [2.45, 2.75) is 77.0 Å². The average molecular weight is 1180 g/mol. The topological polar surface area (TPSA) is 390 Å². The number of aromatic nitrogens is 2. The van der Waals surface area contributed by atoms with Crippen molar-refractivity contribution >= 4 is 44.6 Å². The molecule has 0 fully saturated rings. The highest BCUT2D eigenvalue weighted by atomic mass is 16.3. The smallest absolute Gasteiger partial charge is 0.200 e. The molecule has 2 heterocycles. The molecule has 0 amide bonds. The van der Waals surface area contributed by atoms with E-state index in [1.165, 1.54) is 24.3 Å². The van der Waals surface area contributed by atoms with Crippen molar-refractivity contribution in [2.75, 3.05) is 0 Å². The summed E-state index contributed by atoms with van der Waals surface area (Å²) in [6.45, 7) is 6.78. The van der Waals surface area contributed by atoms with Gasteiger partial charge in [0.2, 0.25) is 23.0 Å². The maximum atomic E-state index is 11.1. The van der Waals surface area contributed by atoms with E-state index in [4.69, 9.17) is 0 Å². The van der Waals surface area contributed by atoms with E-state index >= 15 is 0 Å². The van der Waals surface area contributed by atoms with Crippen LogP contribution in [0.1, 0.15) is 122 Å². The monoisotopic (exact) mass is 1180 g/mol. The fourth-order valence-electron chi connectivity index (χ4n) is 11.0. The molecule has 0 saturated carbocycles. The van der Waals surface area contributed by atoms with Gasteiger partial charge in [-0.25, -0.2) is 9.97 Å². The van der Waals surface area contributed by atoms with Crippen LogP contribution in [0.25, 0.3) is 21.5 Å². The Labute approximate surface area is 498 Å². The minimum atomic E-state index is -0.984. The Morgan fingerprint density at radius 3 is 0.793 bits per heavy atom. The van der Waals surface area contributed by atoms with Gasteiger partial charge in [0.25, 0.3) is 0 Å². The van der Waals surface area contributed by atoms with E-state index in [9.17, 15) is 71.5 Å². The molecule has 10 aromatic rings. The summed E-state index contributed by atoms with van der Waals surface area (Å²) in [5.74, 6) is -12.1. The van der Waals surface area contributed by atoms with Crippen molar-refractivity contribution in [3.05, 3.63) is 190 Å². The van der Waals surface area contributed by atoms with Crippen LogP contribution in [-0.2, 0) is 0 Å². The normalized spacial score (nSPS) is 15.3. The number of phenolic OH excluding ortho intramolecular Hbond substituents is 14. The fourth-order valence-corrected chi connectivity index (χ4v) is 11.0. The Morgan fingerprint density at radius 1 is 0.299 bits per heavy atom. The summed E-state index contributed by atoms with van der Waals surface area (Å²) in [6, 6.07) is 38.7. The maximum Gasteiger partial charge on any atom is 0.200 e. The first-order chi connectivity index (χ1) is 41.3. The number of hydrogen-bond donors (Lipinski definition) is 14. The minimum absolute atomic E-state index is 0. The van der Waals surface area contributed by atoms with Crippen LogP contribution in [0, 0.1) is 0 Å². The van der Waals surface area contributed by atoms with E-state index in [1.807, 2.05) is 84.9 Å². The molecular weight excluding hydrogens is 1120 g/mol. The summed E-state index contributed by atoms with van der Waals surface area (Å²) < 4.78 is 0. The summed E-state index contributed by atoms with van der Waals surface area (Å²) in [4.78, 5) is 8.12. The molecule has 0 saturated heterocycles. The number of aromatic hydroxyl groups is 14. The van der Waals surface area contributed by atoms with Crippen LogP contribution in [0.3, 0.4) is 0 Å². The zero-order valence-electron chi connectivity index (χ0n) is 47.4. The predicted molar refractivity (Wildman–Crippen MR) is 326 cm³/mol. The van der Waals surface area contributed by atoms with E-state index in [0.29, 0.717) is 23.0 Å². The molecule has 11 rings (SSSR count). The van der Waals surface area contributed by atoms with Crippen molar-refractivity contribution in [3.8, 4) is 80.5 Å². The zero-order chi connectivity index (χ0) is 61.7. The Bertz CT molecular complexity index is 3700. The van der Waals surface area contributed by atoms with Gasteiger partial charge in [-0.2, -0.15) is 0 Å². The molecule has 21 nitrogen and oxygen atoms in total. The highest BCUT2D eigenvalue weighted by Gasteiger charge is 2.36. The van der Waals surface area contributed by atoms with Crippen LogP contribution >= 0.6 is 0 Å². The van der Waals surface area contributed by atoms with E-state index in [0.717, 1.165) is 21.5 Å². The molecule has 0 radical (unpaired) electrons. The van der Waals surface area contributed by atoms with Crippen molar-refractivity contribution < 1.29 is 77.0 Å². The Balaban J connectivity index is 0.000000204. The molecule has 8 aromatic carbocycles. The van der Waals surface area contributed by atoms with Gasteiger partial charge in [-0.05, 0) is 97.1 Å². The third-order valence-corrected chi connectivity index (χ3v) is 15.4. The standard InChI is InChI=1S/C36H40O12.2C15H11N3O.H2O/c1-5-13-17-9-19(27(39)33(45)25(17)37)14(6-2)21-11-23(31(43)35(47)29(21)41)16(8-4)24-12-22(30(42)36(48)32(24)44)15(7-3)20-10-18(13)26(38)34(46)28(20)40;2*19-13-9-8-11-5-1-2-6-12(11)15(13)18-17-14-7-3-4-10-16-14;/h9-16,37-48H,5-8H2,1-4H3;2*1-10,19H;1H2. The third kappa shape index (κ3) is 11.9. The third-order valence-electron chi connectivity index (χ3n) is 15.4. The largest absolute Gasteiger partial charge is 0.506 e. The predicted octanol–water partition coefficient (Wildman–Crippen LogP) is 14.5. The number of nitrogens with zero attached hydrogens (tertiary/aromatic N) is 6. The summed E-state index contributed by atoms with van der Waals surface area (Å²) in [7, 11) is 0. The fraction of sp³-hybridized carbons (Fsp3) is 0.182. The molecule has 0 atom stereocenters. The second-order valence-electron chi connectivity index (χ2n) is 20.3. The van der Waals surface area contributed by atoms with Gasteiger partial charge in [0.1, 0.15) is 22.9 Å². The Kier molecular flexibility index (Phi) is 18.7. The van der Waals surface area contributed by atoms with Gasteiger partial charge in [0, 0.05) is 91.3 Å². The molecule has 21 heteroatoms. The summed E-state index contributed by atoms with van der Waals surface area (Å²) >= 11 is 0. The molecule has 87 heavy (non-hydrogen) atoms. The van der Waals surface area contributed by atoms with Crippen molar-refractivity contribution in [3.63, 3.8) is 0 Å². The zero-order valence-corrected chi connectivity index (χ0v) is 47.4. The molecule has 1 aliphatic rings. The van der Waals surface area contributed by atoms with E-state index in [1.54, 1.807) is 64.4 Å². The molecular formula is C66H64N6O15. The highest BCUT2D eigenvalue weighted by molar-refractivity contribution is 5.96. The molecule has 0 spiro atoms. The van der Waals surface area contributed by atoms with E-state index < -0.39 is 92.7 Å². The van der Waals surface area contributed by atoms with Crippen LogP contribution in [0.4, 0.5) is 23.0 Å². The van der Waals surface area contributed by atoms with Gasteiger partial charge >= 0.3 is 0 Å². The summed E-state index contributed by atoms with van der Waals surface area (Å²) in [6.07, 6.45) is 3.88. The maximum absolute atomic E-state index is 11.1. The molecule has 16 N–H and O–H groups in total. The first kappa shape index (κ1) is 62.0. The average Bonchev–Trinajstić information content (AvgIpc) is 1.32. The van der Waals surface area contributed by atoms with Crippen LogP contribution in [-0.4, -0.2) is 86.9 Å². The lowest BCUT2D eigenvalue weighted by molar-refractivity contribution is 0.349. The molecule has 8 bridgehead atoms. The Morgan fingerprint density at radius 2 is 0.552 bits per heavy atom. The number of fused-ring (bicyclic) bond motifs is 10. The second-order valence-corrected chi connectivity index (χ2v) is 20.3. The van der Waals surface area contributed by atoms with Gasteiger partial charge < -0.3 is 77.0 Å². The van der Waals surface area contributed by atoms with E-state index in [2.05, 4.69) is 30.4 Å². The van der Waals surface area contributed by atoms with Gasteiger partial charge in [-0.1, -0.05) is 100 Å². The van der Waals surface area contributed by atoms with E-state index in [-0.39, 0.29) is 87.2 Å². The van der Waals surface area contributed by atoms with Gasteiger partial charge in [0.15, 0.2) is 57.6 Å². The van der Waals surface area contributed by atoms with Gasteiger partial charge in [-0.3, -0.25) is 0 Å². The molecule has 448 valence electrons. The SMILES string of the molecule is CCC1c2cc(c(O)c(O)c2O)C(CC)c2cc(c(O)c(O)c2O)C(CC)c2cc(c(O)c(O)c2O)C(CC)c2cc1c(O)c(O)c2O.O.Oc1ccc2ccccc2c1N=Nc1ccccn1.Oc1ccc2ccccc2c1N=Nc1ccccn1. The number of pyridine rings is 2. The van der Waals surface area contributed by atoms with Crippen molar-refractivity contribution in [2.24, 2.45) is 20.5 Å². The number of hydrogen-bond acceptors (Lipinski definition) is 20. The molecule has 2 aromatic heterocycles. The molecule has 0 unspecified atom stereocenters. The van der Waals surface area contributed by atoms with Crippen LogP contribution < -0.4 is 0 Å². The summed E-state index contributed by atoms with van der Waals surface area (Å²) in [5.41, 5.74) is 0.992. The quantitative estimate of drug-likeness (QED) is 0.0496. The number of azo groups is 2.